The third kappa shape index (κ3) is 1.49. The van der Waals surface area contributed by atoms with Crippen molar-refractivity contribution in [3.63, 3.8) is 0 Å². The number of allylic oxidation sites excluding steroid dienone is 5. The number of carbonyl (C=O) groups excluding carboxylic acids is 1. The molecule has 1 heterocycles. The van der Waals surface area contributed by atoms with Crippen LogP contribution < -0.4 is 0 Å². The molecule has 2 aliphatic rings. The smallest absolute Gasteiger partial charge is 0.267 e. The summed E-state index contributed by atoms with van der Waals surface area (Å²) in [5.74, 6) is -0.192. The van der Waals surface area contributed by atoms with Crippen LogP contribution in [-0.4, -0.2) is 17.0 Å². The van der Waals surface area contributed by atoms with Gasteiger partial charge in [-0.2, -0.15) is 0 Å². The molecule has 2 rings (SSSR count). The van der Waals surface area contributed by atoms with E-state index in [0.717, 1.165) is 16.9 Å². The summed E-state index contributed by atoms with van der Waals surface area (Å²) in [5, 5.41) is -0.0921. The van der Waals surface area contributed by atoms with Crippen molar-refractivity contribution < 1.29 is 4.79 Å². The molecule has 0 bridgehead atoms. The number of hydrogen-bond acceptors (Lipinski definition) is 1. The number of alkyl halides is 1. The van der Waals surface area contributed by atoms with Crippen LogP contribution in [0.1, 0.15) is 6.92 Å². The SMILES string of the molecule is CC1=CC(=O)N=C2C=CC(Cl)C=C12. The Morgan fingerprint density at radius 3 is 3.08 bits per heavy atom. The van der Waals surface area contributed by atoms with Crippen LogP contribution in [0, 0.1) is 0 Å². The summed E-state index contributed by atoms with van der Waals surface area (Å²) in [6.07, 6.45) is 7.04. The molecule has 1 unspecified atom stereocenters. The van der Waals surface area contributed by atoms with Crippen LogP contribution >= 0.6 is 11.6 Å². The molecule has 0 aromatic heterocycles. The zero-order chi connectivity index (χ0) is 9.42. The number of hydrogen-bond donors (Lipinski definition) is 0. The van der Waals surface area contributed by atoms with Gasteiger partial charge in [0.15, 0.2) is 0 Å². The molecule has 0 aromatic carbocycles. The van der Waals surface area contributed by atoms with E-state index in [0.29, 0.717) is 0 Å². The second-order valence-corrected chi connectivity index (χ2v) is 3.55. The molecule has 2 nitrogen and oxygen atoms in total. The number of carbonyl (C=O) groups is 1. The van der Waals surface area contributed by atoms with Gasteiger partial charge in [-0.05, 0) is 18.6 Å². The minimum atomic E-state index is -0.192. The van der Waals surface area contributed by atoms with Crippen molar-refractivity contribution in [2.75, 3.05) is 0 Å². The van der Waals surface area contributed by atoms with Crippen molar-refractivity contribution >= 4 is 23.2 Å². The Morgan fingerprint density at radius 1 is 1.54 bits per heavy atom. The summed E-state index contributed by atoms with van der Waals surface area (Å²) in [4.78, 5) is 14.9. The van der Waals surface area contributed by atoms with Gasteiger partial charge in [0.2, 0.25) is 0 Å². The maximum atomic E-state index is 11.1. The highest BCUT2D eigenvalue weighted by Gasteiger charge is 2.18. The quantitative estimate of drug-likeness (QED) is 0.542. The highest BCUT2D eigenvalue weighted by Crippen LogP contribution is 2.23. The monoisotopic (exact) mass is 193 g/mol. The van der Waals surface area contributed by atoms with E-state index < -0.39 is 0 Å². The zero-order valence-corrected chi connectivity index (χ0v) is 7.88. The van der Waals surface area contributed by atoms with Gasteiger partial charge in [0.25, 0.3) is 5.91 Å². The van der Waals surface area contributed by atoms with E-state index in [1.165, 1.54) is 6.08 Å². The van der Waals surface area contributed by atoms with E-state index in [1.54, 1.807) is 6.08 Å². The van der Waals surface area contributed by atoms with Crippen LogP contribution in [0.3, 0.4) is 0 Å². The Labute approximate surface area is 81.3 Å². The van der Waals surface area contributed by atoms with Gasteiger partial charge in [0, 0.05) is 11.6 Å². The minimum absolute atomic E-state index is 0.0921. The molecule has 0 fully saturated rings. The summed E-state index contributed by atoms with van der Waals surface area (Å²) in [6, 6.07) is 0. The second kappa shape index (κ2) is 2.96. The van der Waals surface area contributed by atoms with Gasteiger partial charge in [-0.3, -0.25) is 4.79 Å². The van der Waals surface area contributed by atoms with Crippen LogP contribution in [0.2, 0.25) is 0 Å². The van der Waals surface area contributed by atoms with E-state index in [9.17, 15) is 4.79 Å². The lowest BCUT2D eigenvalue weighted by molar-refractivity contribution is -0.113. The van der Waals surface area contributed by atoms with Crippen LogP contribution in [0.5, 0.6) is 0 Å². The fourth-order valence-electron chi connectivity index (χ4n) is 1.42. The number of amides is 1. The first-order valence-electron chi connectivity index (χ1n) is 4.02. The standard InChI is InChI=1S/C10H8ClNO/c1-6-4-10(13)12-9-3-2-7(11)5-8(6)9/h2-5,7H,1H3. The number of halogens is 1. The van der Waals surface area contributed by atoms with Crippen molar-refractivity contribution in [3.8, 4) is 0 Å². The summed E-state index contributed by atoms with van der Waals surface area (Å²) in [7, 11) is 0. The molecule has 13 heavy (non-hydrogen) atoms. The van der Waals surface area contributed by atoms with Crippen LogP contribution in [-0.2, 0) is 4.79 Å². The lowest BCUT2D eigenvalue weighted by Gasteiger charge is -2.16. The first-order chi connectivity index (χ1) is 6.16. The van der Waals surface area contributed by atoms with Gasteiger partial charge in [0.1, 0.15) is 0 Å². The molecule has 0 N–H and O–H groups in total. The second-order valence-electron chi connectivity index (χ2n) is 3.05. The van der Waals surface area contributed by atoms with E-state index >= 15 is 0 Å². The molecule has 1 amide bonds. The normalized spacial score (nSPS) is 26.2. The fraction of sp³-hybridized carbons (Fsp3) is 0.200. The Morgan fingerprint density at radius 2 is 2.31 bits per heavy atom. The van der Waals surface area contributed by atoms with Gasteiger partial charge in [-0.1, -0.05) is 12.2 Å². The minimum Gasteiger partial charge on any atom is -0.267 e. The van der Waals surface area contributed by atoms with Crippen molar-refractivity contribution in [2.45, 2.75) is 12.3 Å². The Bertz CT molecular complexity index is 388. The van der Waals surface area contributed by atoms with Crippen LogP contribution in [0.4, 0.5) is 0 Å². The fourth-order valence-corrected chi connectivity index (χ4v) is 1.62. The first kappa shape index (κ1) is 8.45. The zero-order valence-electron chi connectivity index (χ0n) is 7.12. The van der Waals surface area contributed by atoms with Crippen LogP contribution in [0.25, 0.3) is 0 Å². The molecule has 1 aliphatic heterocycles. The van der Waals surface area contributed by atoms with Crippen LogP contribution in [0.15, 0.2) is 40.4 Å². The van der Waals surface area contributed by atoms with Gasteiger partial charge in [0.05, 0.1) is 11.1 Å². The molecule has 1 aliphatic carbocycles. The number of fused-ring (bicyclic) bond motifs is 1. The van der Waals surface area contributed by atoms with Crippen molar-refractivity contribution in [2.24, 2.45) is 4.99 Å². The molecule has 0 spiro atoms. The Balaban J connectivity index is 2.48. The number of aliphatic imine (C=N–C) groups is 1. The summed E-state index contributed by atoms with van der Waals surface area (Å²) >= 11 is 5.91. The molecule has 3 heteroatoms. The van der Waals surface area contributed by atoms with Crippen molar-refractivity contribution in [1.29, 1.82) is 0 Å². The largest absolute Gasteiger partial charge is 0.270 e. The maximum Gasteiger partial charge on any atom is 0.270 e. The molecule has 0 aromatic rings. The third-order valence-corrected chi connectivity index (χ3v) is 2.31. The predicted molar refractivity (Wildman–Crippen MR) is 53.1 cm³/mol. The lowest BCUT2D eigenvalue weighted by Crippen LogP contribution is -2.15. The maximum absolute atomic E-state index is 11.1. The van der Waals surface area contributed by atoms with E-state index in [4.69, 9.17) is 11.6 Å². The first-order valence-corrected chi connectivity index (χ1v) is 4.46. The van der Waals surface area contributed by atoms with Gasteiger partial charge in [-0.15, -0.1) is 11.6 Å². The molecule has 0 radical (unpaired) electrons. The summed E-state index contributed by atoms with van der Waals surface area (Å²) < 4.78 is 0. The molecule has 66 valence electrons. The molecular formula is C10H8ClNO. The van der Waals surface area contributed by atoms with Gasteiger partial charge in [-0.25, -0.2) is 4.99 Å². The Kier molecular flexibility index (Phi) is 1.93. The predicted octanol–water partition coefficient (Wildman–Crippen LogP) is 2.02. The number of nitrogens with zero attached hydrogens (tertiary/aromatic N) is 1. The molecule has 1 atom stereocenters. The van der Waals surface area contributed by atoms with Crippen molar-refractivity contribution in [3.05, 3.63) is 35.5 Å². The Hall–Kier alpha value is -1.15. The molecular weight excluding hydrogens is 186 g/mol. The molecule has 0 saturated heterocycles. The highest BCUT2D eigenvalue weighted by molar-refractivity contribution is 6.27. The van der Waals surface area contributed by atoms with Crippen molar-refractivity contribution in [1.82, 2.24) is 0 Å². The summed E-state index contributed by atoms with van der Waals surface area (Å²) in [6.45, 7) is 1.89. The average Bonchev–Trinajstić information content (AvgIpc) is 2.06. The van der Waals surface area contributed by atoms with Gasteiger partial charge >= 0.3 is 0 Å². The van der Waals surface area contributed by atoms with Gasteiger partial charge < -0.3 is 0 Å². The third-order valence-electron chi connectivity index (χ3n) is 2.04. The topological polar surface area (TPSA) is 29.4 Å². The van der Waals surface area contributed by atoms with E-state index in [1.807, 2.05) is 19.1 Å². The number of dihydropyridines is 1. The van der Waals surface area contributed by atoms with E-state index in [-0.39, 0.29) is 11.3 Å². The molecule has 0 saturated carbocycles. The lowest BCUT2D eigenvalue weighted by atomic mass is 9.94. The number of rotatable bonds is 0. The average molecular weight is 194 g/mol. The highest BCUT2D eigenvalue weighted by atomic mass is 35.5. The van der Waals surface area contributed by atoms with E-state index in [2.05, 4.69) is 4.99 Å². The summed E-state index contributed by atoms with van der Waals surface area (Å²) in [5.41, 5.74) is 2.63.